The molecule has 82 valence electrons. The van der Waals surface area contributed by atoms with Crippen LogP contribution in [0.2, 0.25) is 10.0 Å². The number of benzene rings is 1. The van der Waals surface area contributed by atoms with Crippen LogP contribution in [-0.4, -0.2) is 6.17 Å². The van der Waals surface area contributed by atoms with E-state index < -0.39 is 0 Å². The average molecular weight is 248 g/mol. The summed E-state index contributed by atoms with van der Waals surface area (Å²) in [4.78, 5) is 0. The summed E-state index contributed by atoms with van der Waals surface area (Å²) >= 11 is 11.7. The minimum Gasteiger partial charge on any atom is -0.321 e. The van der Waals surface area contributed by atoms with Crippen LogP contribution >= 0.6 is 23.2 Å². The molecule has 1 aliphatic heterocycles. The topological polar surface area (TPSA) is 74.1 Å². The Morgan fingerprint density at radius 2 is 1.80 bits per heavy atom. The summed E-state index contributed by atoms with van der Waals surface area (Å²) in [5, 5.41) is 1.03. The highest BCUT2D eigenvalue weighted by molar-refractivity contribution is 6.42. The van der Waals surface area contributed by atoms with Gasteiger partial charge in [0.05, 0.1) is 16.1 Å². The van der Waals surface area contributed by atoms with Crippen molar-refractivity contribution in [1.82, 2.24) is 21.9 Å². The van der Waals surface area contributed by atoms with Crippen molar-refractivity contribution in [3.63, 3.8) is 0 Å². The monoisotopic (exact) mass is 247 g/mol. The summed E-state index contributed by atoms with van der Waals surface area (Å²) in [7, 11) is 0. The summed E-state index contributed by atoms with van der Waals surface area (Å²) in [6.07, 6.45) is -0.109. The van der Waals surface area contributed by atoms with Crippen LogP contribution in [0, 0.1) is 0 Å². The predicted molar refractivity (Wildman–Crippen MR) is 59.7 cm³/mol. The Hall–Kier alpha value is -0.400. The first-order valence-electron chi connectivity index (χ1n) is 4.40. The van der Waals surface area contributed by atoms with Crippen molar-refractivity contribution in [3.05, 3.63) is 33.8 Å². The zero-order valence-corrected chi connectivity index (χ0v) is 9.23. The molecule has 6 N–H and O–H groups in total. The summed E-state index contributed by atoms with van der Waals surface area (Å²) in [6, 6.07) is 5.10. The molecule has 0 saturated carbocycles. The smallest absolute Gasteiger partial charge is 0.105 e. The largest absolute Gasteiger partial charge is 0.321 e. The van der Waals surface area contributed by atoms with E-state index >= 15 is 0 Å². The summed E-state index contributed by atoms with van der Waals surface area (Å²) < 4.78 is 0. The molecule has 1 unspecified atom stereocenters. The lowest BCUT2D eigenvalue weighted by atomic mass is 10.1. The lowest BCUT2D eigenvalue weighted by Gasteiger charge is -2.18. The van der Waals surface area contributed by atoms with Crippen molar-refractivity contribution < 1.29 is 0 Å². The number of nitrogens with two attached hydrogens (primary N) is 1. The average Bonchev–Trinajstić information content (AvgIpc) is 2.74. The SMILES string of the molecule is NC(c1ccc(Cl)c(Cl)c1)C1NNNN1. The lowest BCUT2D eigenvalue weighted by molar-refractivity contribution is 0.440. The molecule has 0 radical (unpaired) electrons. The van der Waals surface area contributed by atoms with Gasteiger partial charge in [-0.05, 0) is 17.7 Å². The number of hydrogen-bond acceptors (Lipinski definition) is 5. The zero-order chi connectivity index (χ0) is 10.8. The zero-order valence-electron chi connectivity index (χ0n) is 7.72. The van der Waals surface area contributed by atoms with Crippen molar-refractivity contribution in [2.24, 2.45) is 5.73 Å². The van der Waals surface area contributed by atoms with Gasteiger partial charge < -0.3 is 5.73 Å². The molecule has 1 aliphatic rings. The van der Waals surface area contributed by atoms with Gasteiger partial charge in [0.25, 0.3) is 0 Å². The Labute approximate surface area is 97.2 Å². The van der Waals surface area contributed by atoms with Gasteiger partial charge in [-0.3, -0.25) is 0 Å². The molecule has 0 aromatic heterocycles. The fourth-order valence-corrected chi connectivity index (χ4v) is 1.66. The number of hydrazine groups is 3. The molecule has 1 aromatic rings. The van der Waals surface area contributed by atoms with E-state index in [9.17, 15) is 0 Å². The second-order valence-electron chi connectivity index (χ2n) is 3.22. The van der Waals surface area contributed by atoms with Gasteiger partial charge in [0.2, 0.25) is 0 Å². The molecule has 1 heterocycles. The normalized spacial score (nSPS) is 19.4. The molecule has 1 saturated heterocycles. The van der Waals surface area contributed by atoms with E-state index in [0.717, 1.165) is 5.56 Å². The molecule has 15 heavy (non-hydrogen) atoms. The van der Waals surface area contributed by atoms with E-state index in [1.165, 1.54) is 0 Å². The quantitative estimate of drug-likeness (QED) is 0.525. The summed E-state index contributed by atoms with van der Waals surface area (Å²) in [5.74, 6) is 0. The number of rotatable bonds is 2. The standard InChI is InChI=1S/C8H11Cl2N5/c9-5-2-1-4(3-6(5)10)7(11)8-12-14-15-13-8/h1-3,7-8,12-15H,11H2. The molecule has 1 aromatic carbocycles. The molecule has 5 nitrogen and oxygen atoms in total. The highest BCUT2D eigenvalue weighted by Crippen LogP contribution is 2.25. The minimum absolute atomic E-state index is 0.109. The molecule has 1 fully saturated rings. The van der Waals surface area contributed by atoms with E-state index in [-0.39, 0.29) is 12.2 Å². The van der Waals surface area contributed by atoms with Gasteiger partial charge in [-0.1, -0.05) is 29.3 Å². The molecular formula is C8H11Cl2N5. The Kier molecular flexibility index (Phi) is 3.42. The van der Waals surface area contributed by atoms with Crippen LogP contribution in [0.15, 0.2) is 18.2 Å². The van der Waals surface area contributed by atoms with Crippen LogP contribution in [0.25, 0.3) is 0 Å². The Balaban J connectivity index is 2.17. The third-order valence-corrected chi connectivity index (χ3v) is 2.94. The Morgan fingerprint density at radius 3 is 2.40 bits per heavy atom. The number of nitrogens with one attached hydrogen (secondary N) is 4. The maximum absolute atomic E-state index is 6.01. The van der Waals surface area contributed by atoms with Crippen molar-refractivity contribution in [2.75, 3.05) is 0 Å². The van der Waals surface area contributed by atoms with Gasteiger partial charge in [0.15, 0.2) is 0 Å². The van der Waals surface area contributed by atoms with Crippen molar-refractivity contribution in [3.8, 4) is 0 Å². The van der Waals surface area contributed by atoms with Crippen LogP contribution in [0.1, 0.15) is 11.6 Å². The highest BCUT2D eigenvalue weighted by Gasteiger charge is 2.22. The van der Waals surface area contributed by atoms with Crippen LogP contribution in [0.3, 0.4) is 0 Å². The molecule has 0 spiro atoms. The van der Waals surface area contributed by atoms with Crippen LogP contribution < -0.4 is 27.7 Å². The Bertz CT molecular complexity index is 353. The van der Waals surface area contributed by atoms with Crippen molar-refractivity contribution >= 4 is 23.2 Å². The molecule has 0 aliphatic carbocycles. The van der Waals surface area contributed by atoms with Crippen LogP contribution in [0.4, 0.5) is 0 Å². The van der Waals surface area contributed by atoms with E-state index in [1.807, 2.05) is 6.07 Å². The van der Waals surface area contributed by atoms with Crippen LogP contribution in [0.5, 0.6) is 0 Å². The summed E-state index contributed by atoms with van der Waals surface area (Å²) in [6.45, 7) is 0. The molecule has 7 heteroatoms. The molecule has 1 atom stereocenters. The fraction of sp³-hybridized carbons (Fsp3) is 0.250. The first-order chi connectivity index (χ1) is 7.18. The predicted octanol–water partition coefficient (Wildman–Crippen LogP) is 0.436. The minimum atomic E-state index is -0.234. The van der Waals surface area contributed by atoms with Crippen molar-refractivity contribution in [1.29, 1.82) is 0 Å². The van der Waals surface area contributed by atoms with Gasteiger partial charge in [0.1, 0.15) is 6.17 Å². The Morgan fingerprint density at radius 1 is 1.13 bits per heavy atom. The number of halogens is 2. The molecular weight excluding hydrogens is 237 g/mol. The van der Waals surface area contributed by atoms with Gasteiger partial charge in [-0.25, -0.2) is 10.9 Å². The molecule has 0 amide bonds. The maximum atomic E-state index is 6.01. The lowest BCUT2D eigenvalue weighted by Crippen LogP contribution is -2.43. The second-order valence-corrected chi connectivity index (χ2v) is 4.03. The first-order valence-corrected chi connectivity index (χ1v) is 5.15. The maximum Gasteiger partial charge on any atom is 0.105 e. The van der Waals surface area contributed by atoms with Gasteiger partial charge in [-0.2, -0.15) is 11.1 Å². The van der Waals surface area contributed by atoms with Gasteiger partial charge >= 0.3 is 0 Å². The molecule has 2 rings (SSSR count). The first kappa shape index (κ1) is 11.1. The van der Waals surface area contributed by atoms with E-state index in [2.05, 4.69) is 21.9 Å². The second kappa shape index (κ2) is 4.63. The van der Waals surface area contributed by atoms with Gasteiger partial charge in [-0.15, -0.1) is 0 Å². The summed E-state index contributed by atoms with van der Waals surface area (Å²) in [5.41, 5.74) is 18.1. The highest BCUT2D eigenvalue weighted by atomic mass is 35.5. The van der Waals surface area contributed by atoms with Gasteiger partial charge in [0, 0.05) is 0 Å². The fourth-order valence-electron chi connectivity index (χ4n) is 1.36. The van der Waals surface area contributed by atoms with Crippen molar-refractivity contribution in [2.45, 2.75) is 12.2 Å². The molecule has 0 bridgehead atoms. The van der Waals surface area contributed by atoms with E-state index in [0.29, 0.717) is 10.0 Å². The van der Waals surface area contributed by atoms with Crippen LogP contribution in [-0.2, 0) is 0 Å². The van der Waals surface area contributed by atoms with E-state index in [1.54, 1.807) is 12.1 Å². The van der Waals surface area contributed by atoms with E-state index in [4.69, 9.17) is 28.9 Å². The third-order valence-electron chi connectivity index (χ3n) is 2.21. The third kappa shape index (κ3) is 2.40. The number of hydrogen-bond donors (Lipinski definition) is 5.